The van der Waals surface area contributed by atoms with Crippen LogP contribution in [0.4, 0.5) is 0 Å². The van der Waals surface area contributed by atoms with Crippen LogP contribution in [0.1, 0.15) is 18.9 Å². The van der Waals surface area contributed by atoms with E-state index in [2.05, 4.69) is 54.5 Å². The Bertz CT molecular complexity index is 550. The lowest BCUT2D eigenvalue weighted by Gasteiger charge is -2.37. The van der Waals surface area contributed by atoms with E-state index in [4.69, 9.17) is 20.4 Å². The Hall–Kier alpha value is -2.00. The fraction of sp³-hybridized carbons (Fsp3) is 0.556. The molecule has 1 fully saturated rings. The molecule has 1 aliphatic rings. The van der Waals surface area contributed by atoms with E-state index >= 15 is 0 Å². The molecule has 0 aliphatic carbocycles. The zero-order valence-electron chi connectivity index (χ0n) is 15.1. The average molecular weight is 368 g/mol. The maximum absolute atomic E-state index is 9.77. The van der Waals surface area contributed by atoms with Gasteiger partial charge >= 0.3 is 11.9 Å². The molecule has 0 amide bonds. The molecule has 0 spiro atoms. The lowest BCUT2D eigenvalue weighted by atomic mass is 9.93. The van der Waals surface area contributed by atoms with Crippen molar-refractivity contribution in [3.63, 3.8) is 0 Å². The summed E-state index contributed by atoms with van der Waals surface area (Å²) >= 11 is 0. The van der Waals surface area contributed by atoms with Crippen LogP contribution < -0.4 is 5.32 Å². The van der Waals surface area contributed by atoms with Crippen LogP contribution in [0.3, 0.4) is 0 Å². The molecule has 0 bridgehead atoms. The minimum atomic E-state index is -2.27. The van der Waals surface area contributed by atoms with E-state index in [1.807, 2.05) is 0 Å². The molecule has 4 atom stereocenters. The molecule has 1 aromatic rings. The van der Waals surface area contributed by atoms with Gasteiger partial charge in [0.15, 0.2) is 12.2 Å². The summed E-state index contributed by atoms with van der Waals surface area (Å²) in [5.41, 5.74) is 1.42. The molecule has 5 N–H and O–H groups in total. The highest BCUT2D eigenvalue weighted by molar-refractivity contribution is 5.83. The van der Waals surface area contributed by atoms with Gasteiger partial charge in [0, 0.05) is 19.1 Å². The first-order chi connectivity index (χ1) is 12.3. The van der Waals surface area contributed by atoms with Gasteiger partial charge in [-0.1, -0.05) is 37.3 Å². The highest BCUT2D eigenvalue weighted by Gasteiger charge is 2.29. The highest BCUT2D eigenvalue weighted by atomic mass is 16.4. The van der Waals surface area contributed by atoms with Crippen molar-refractivity contribution in [3.05, 3.63) is 35.9 Å². The quantitative estimate of drug-likeness (QED) is 0.474. The van der Waals surface area contributed by atoms with E-state index in [1.165, 1.54) is 25.1 Å². The number of piperidine rings is 1. The number of carboxylic acid groups (broad SMARTS) is 2. The highest BCUT2D eigenvalue weighted by Crippen LogP contribution is 2.18. The molecule has 8 nitrogen and oxygen atoms in total. The van der Waals surface area contributed by atoms with Crippen LogP contribution in [0.2, 0.25) is 0 Å². The number of benzene rings is 1. The number of hydrogen-bond acceptors (Lipinski definition) is 6. The molecular formula is C18H28N2O6. The van der Waals surface area contributed by atoms with Crippen LogP contribution >= 0.6 is 0 Å². The number of hydrogen-bond donors (Lipinski definition) is 5. The second-order valence-corrected chi connectivity index (χ2v) is 6.45. The topological polar surface area (TPSA) is 130 Å². The molecule has 8 heteroatoms. The molecule has 1 heterocycles. The van der Waals surface area contributed by atoms with Gasteiger partial charge in [0.05, 0.1) is 0 Å². The number of aliphatic hydroxyl groups excluding tert-OH is 2. The summed E-state index contributed by atoms with van der Waals surface area (Å²) in [5, 5.41) is 36.0. The Morgan fingerprint density at radius 2 is 1.69 bits per heavy atom. The second-order valence-electron chi connectivity index (χ2n) is 6.45. The summed E-state index contributed by atoms with van der Waals surface area (Å²) in [7, 11) is 2.08. The van der Waals surface area contributed by atoms with Gasteiger partial charge in [-0.25, -0.2) is 9.59 Å². The van der Waals surface area contributed by atoms with Crippen LogP contribution in [-0.4, -0.2) is 75.7 Å². The Balaban J connectivity index is 0.000000294. The number of rotatable bonds is 6. The molecule has 0 radical (unpaired) electrons. The minimum absolute atomic E-state index is 0.650. The van der Waals surface area contributed by atoms with Gasteiger partial charge in [-0.05, 0) is 31.5 Å². The van der Waals surface area contributed by atoms with Gasteiger partial charge in [-0.3, -0.25) is 4.90 Å². The van der Waals surface area contributed by atoms with Crippen molar-refractivity contribution in [1.82, 2.24) is 10.2 Å². The molecule has 0 saturated carbocycles. The van der Waals surface area contributed by atoms with Crippen molar-refractivity contribution in [2.24, 2.45) is 5.92 Å². The van der Waals surface area contributed by atoms with E-state index in [1.54, 1.807) is 0 Å². The average Bonchev–Trinajstić information content (AvgIpc) is 2.63. The van der Waals surface area contributed by atoms with Gasteiger partial charge < -0.3 is 25.7 Å². The molecule has 1 saturated heterocycles. The van der Waals surface area contributed by atoms with Crippen molar-refractivity contribution in [1.29, 1.82) is 0 Å². The number of aliphatic hydroxyl groups is 2. The molecular weight excluding hydrogens is 340 g/mol. The summed E-state index contributed by atoms with van der Waals surface area (Å²) in [4.78, 5) is 22.1. The Morgan fingerprint density at radius 3 is 2.15 bits per heavy atom. The van der Waals surface area contributed by atoms with Crippen molar-refractivity contribution in [2.75, 3.05) is 20.1 Å². The van der Waals surface area contributed by atoms with Crippen molar-refractivity contribution >= 4 is 11.9 Å². The fourth-order valence-corrected chi connectivity index (χ4v) is 2.77. The summed E-state index contributed by atoms with van der Waals surface area (Å²) < 4.78 is 0. The van der Waals surface area contributed by atoms with E-state index in [0.717, 1.165) is 12.5 Å². The molecule has 1 aromatic carbocycles. The first kappa shape index (κ1) is 22.0. The monoisotopic (exact) mass is 368 g/mol. The molecule has 146 valence electrons. The molecule has 2 rings (SSSR count). The molecule has 0 aromatic heterocycles. The summed E-state index contributed by atoms with van der Waals surface area (Å²) in [6.07, 6.45) is -3.23. The van der Waals surface area contributed by atoms with Gasteiger partial charge in [-0.2, -0.15) is 0 Å². The van der Waals surface area contributed by atoms with Crippen molar-refractivity contribution < 1.29 is 30.0 Å². The van der Waals surface area contributed by atoms with E-state index < -0.39 is 24.1 Å². The van der Waals surface area contributed by atoms with Crippen LogP contribution in [0.15, 0.2) is 30.3 Å². The Labute approximate surface area is 153 Å². The predicted octanol–water partition coefficient (Wildman–Crippen LogP) is -0.00620. The number of carboxylic acids is 2. The van der Waals surface area contributed by atoms with Crippen LogP contribution in [0.5, 0.6) is 0 Å². The van der Waals surface area contributed by atoms with Gasteiger partial charge in [0.25, 0.3) is 0 Å². The van der Waals surface area contributed by atoms with Gasteiger partial charge in [0.2, 0.25) is 0 Å². The first-order valence-electron chi connectivity index (χ1n) is 8.51. The largest absolute Gasteiger partial charge is 0.479 e. The zero-order chi connectivity index (χ0) is 19.7. The number of aliphatic carboxylic acids is 2. The standard InChI is InChI=1S/C14H22N2.C4H6O6/c1-12-8-9-16(11-14(12)15-2)10-13-6-4-3-5-7-13;5-1(3(7)8)2(6)4(9)10/h3-7,12,14-15H,8-11H2,1-2H3;1-2,5-6H,(H,7,8)(H,9,10). The van der Waals surface area contributed by atoms with E-state index in [9.17, 15) is 9.59 Å². The Kier molecular flexibility index (Phi) is 9.22. The Morgan fingerprint density at radius 1 is 1.15 bits per heavy atom. The third kappa shape index (κ3) is 7.09. The second kappa shape index (κ2) is 10.9. The fourth-order valence-electron chi connectivity index (χ4n) is 2.77. The number of nitrogens with zero attached hydrogens (tertiary/aromatic N) is 1. The third-order valence-corrected chi connectivity index (χ3v) is 4.47. The molecule has 26 heavy (non-hydrogen) atoms. The zero-order valence-corrected chi connectivity index (χ0v) is 15.1. The number of likely N-dealkylation sites (tertiary alicyclic amines) is 1. The minimum Gasteiger partial charge on any atom is -0.479 e. The van der Waals surface area contributed by atoms with Crippen LogP contribution in [0.25, 0.3) is 0 Å². The number of nitrogens with one attached hydrogen (secondary N) is 1. The smallest absolute Gasteiger partial charge is 0.335 e. The lowest BCUT2D eigenvalue weighted by Crippen LogP contribution is -2.48. The summed E-state index contributed by atoms with van der Waals surface area (Å²) in [6, 6.07) is 11.4. The van der Waals surface area contributed by atoms with Gasteiger partial charge in [-0.15, -0.1) is 0 Å². The van der Waals surface area contributed by atoms with E-state index in [0.29, 0.717) is 6.04 Å². The van der Waals surface area contributed by atoms with Crippen molar-refractivity contribution in [2.45, 2.75) is 38.1 Å². The lowest BCUT2D eigenvalue weighted by molar-refractivity contribution is -0.165. The number of carbonyl (C=O) groups is 2. The summed E-state index contributed by atoms with van der Waals surface area (Å²) in [6.45, 7) is 5.84. The van der Waals surface area contributed by atoms with Crippen molar-refractivity contribution in [3.8, 4) is 0 Å². The summed E-state index contributed by atoms with van der Waals surface area (Å²) in [5.74, 6) is -2.73. The third-order valence-electron chi connectivity index (χ3n) is 4.47. The van der Waals surface area contributed by atoms with E-state index in [-0.39, 0.29) is 0 Å². The van der Waals surface area contributed by atoms with Crippen LogP contribution in [-0.2, 0) is 16.1 Å². The maximum Gasteiger partial charge on any atom is 0.335 e. The van der Waals surface area contributed by atoms with Gasteiger partial charge in [0.1, 0.15) is 0 Å². The predicted molar refractivity (Wildman–Crippen MR) is 95.6 cm³/mol. The first-order valence-corrected chi connectivity index (χ1v) is 8.51. The molecule has 4 unspecified atom stereocenters. The SMILES string of the molecule is CNC1CN(Cc2ccccc2)CCC1C.O=C(O)C(O)C(O)C(=O)O. The number of likely N-dealkylation sites (N-methyl/N-ethyl adjacent to an activating group) is 1. The molecule has 1 aliphatic heterocycles. The normalized spacial score (nSPS) is 22.6. The van der Waals surface area contributed by atoms with Crippen LogP contribution in [0, 0.1) is 5.92 Å². The maximum atomic E-state index is 9.77.